The molecular formula is C18H20N2O3. The normalized spacial score (nSPS) is 10.2. The number of benzene rings is 2. The van der Waals surface area contributed by atoms with Gasteiger partial charge in [0.15, 0.2) is 0 Å². The van der Waals surface area contributed by atoms with Crippen molar-refractivity contribution in [1.82, 2.24) is 0 Å². The van der Waals surface area contributed by atoms with E-state index in [1.165, 1.54) is 7.11 Å². The third-order valence-electron chi connectivity index (χ3n) is 3.19. The first kappa shape index (κ1) is 16.7. The van der Waals surface area contributed by atoms with Crippen molar-refractivity contribution in [1.29, 1.82) is 0 Å². The monoisotopic (exact) mass is 312 g/mol. The molecule has 0 radical (unpaired) electrons. The lowest BCUT2D eigenvalue weighted by Crippen LogP contribution is -2.18. The second-order valence-electron chi connectivity index (χ2n) is 5.27. The second kappa shape index (κ2) is 8.10. The lowest BCUT2D eigenvalue weighted by molar-refractivity contribution is -0.119. The summed E-state index contributed by atoms with van der Waals surface area (Å²) in [6.07, 6.45) is 0.306. The molecule has 0 saturated heterocycles. The zero-order valence-electron chi connectivity index (χ0n) is 13.3. The van der Waals surface area contributed by atoms with Crippen LogP contribution in [0.2, 0.25) is 0 Å². The number of rotatable bonds is 6. The lowest BCUT2D eigenvalue weighted by atomic mass is 10.1. The number of amides is 2. The zero-order chi connectivity index (χ0) is 16.7. The van der Waals surface area contributed by atoms with Gasteiger partial charge in [0.1, 0.15) is 6.61 Å². The van der Waals surface area contributed by atoms with Gasteiger partial charge in [-0.3, -0.25) is 9.59 Å². The summed E-state index contributed by atoms with van der Waals surface area (Å²) < 4.78 is 4.76. The van der Waals surface area contributed by atoms with E-state index in [9.17, 15) is 9.59 Å². The Balaban J connectivity index is 1.95. The maximum atomic E-state index is 12.1. The lowest BCUT2D eigenvalue weighted by Gasteiger charge is -2.09. The summed E-state index contributed by atoms with van der Waals surface area (Å²) in [6, 6.07) is 14.8. The van der Waals surface area contributed by atoms with E-state index < -0.39 is 0 Å². The molecule has 2 aromatic rings. The van der Waals surface area contributed by atoms with Crippen LogP contribution < -0.4 is 10.6 Å². The van der Waals surface area contributed by atoms with Gasteiger partial charge in [-0.2, -0.15) is 0 Å². The maximum Gasteiger partial charge on any atom is 0.250 e. The molecule has 0 bridgehead atoms. The van der Waals surface area contributed by atoms with E-state index in [4.69, 9.17) is 4.74 Å². The minimum absolute atomic E-state index is 0.00991. The third-order valence-corrected chi connectivity index (χ3v) is 3.19. The molecule has 0 heterocycles. The molecule has 2 N–H and O–H groups in total. The van der Waals surface area contributed by atoms with Gasteiger partial charge in [0, 0.05) is 18.5 Å². The van der Waals surface area contributed by atoms with E-state index in [2.05, 4.69) is 10.6 Å². The Bertz CT molecular complexity index is 681. The Morgan fingerprint density at radius 3 is 2.17 bits per heavy atom. The molecule has 0 aromatic heterocycles. The van der Waals surface area contributed by atoms with Crippen LogP contribution in [0.5, 0.6) is 0 Å². The molecule has 0 unspecified atom stereocenters. The fourth-order valence-electron chi connectivity index (χ4n) is 2.10. The van der Waals surface area contributed by atoms with E-state index >= 15 is 0 Å². The predicted octanol–water partition coefficient (Wildman–Crippen LogP) is 2.76. The van der Waals surface area contributed by atoms with Gasteiger partial charge in [0.05, 0.1) is 6.42 Å². The summed E-state index contributed by atoms with van der Waals surface area (Å²) in [7, 11) is 1.46. The Morgan fingerprint density at radius 1 is 0.957 bits per heavy atom. The largest absolute Gasteiger partial charge is 0.375 e. The highest BCUT2D eigenvalue weighted by atomic mass is 16.5. The molecule has 5 heteroatoms. The van der Waals surface area contributed by atoms with E-state index in [0.717, 1.165) is 11.1 Å². The van der Waals surface area contributed by atoms with Gasteiger partial charge in [0.2, 0.25) is 11.8 Å². The molecule has 0 saturated carbocycles. The molecule has 0 aliphatic heterocycles. The highest BCUT2D eigenvalue weighted by molar-refractivity contribution is 5.95. The summed E-state index contributed by atoms with van der Waals surface area (Å²) in [5, 5.41) is 5.53. The van der Waals surface area contributed by atoms with Gasteiger partial charge in [0.25, 0.3) is 0 Å². The van der Waals surface area contributed by atoms with Crippen LogP contribution in [0.3, 0.4) is 0 Å². The number of hydrogen-bond acceptors (Lipinski definition) is 3. The van der Waals surface area contributed by atoms with Gasteiger partial charge >= 0.3 is 0 Å². The fourth-order valence-corrected chi connectivity index (χ4v) is 2.10. The first-order valence-electron chi connectivity index (χ1n) is 7.31. The van der Waals surface area contributed by atoms with Crippen LogP contribution in [0.1, 0.15) is 11.1 Å². The Morgan fingerprint density at radius 2 is 1.57 bits per heavy atom. The molecule has 2 amide bonds. The van der Waals surface area contributed by atoms with Gasteiger partial charge < -0.3 is 15.4 Å². The Kier molecular flexibility index (Phi) is 5.88. The van der Waals surface area contributed by atoms with Gasteiger partial charge in [-0.25, -0.2) is 0 Å². The summed E-state index contributed by atoms with van der Waals surface area (Å²) >= 11 is 0. The molecular weight excluding hydrogens is 292 g/mol. The van der Waals surface area contributed by atoms with Crippen molar-refractivity contribution in [2.45, 2.75) is 13.3 Å². The van der Waals surface area contributed by atoms with Crippen molar-refractivity contribution < 1.29 is 14.3 Å². The highest BCUT2D eigenvalue weighted by Crippen LogP contribution is 2.15. The van der Waals surface area contributed by atoms with Gasteiger partial charge in [-0.15, -0.1) is 0 Å². The molecule has 2 aromatic carbocycles. The number of anilines is 2. The average Bonchev–Trinajstić information content (AvgIpc) is 2.50. The van der Waals surface area contributed by atoms with Crippen LogP contribution in [-0.4, -0.2) is 25.5 Å². The molecule has 120 valence electrons. The van der Waals surface area contributed by atoms with Crippen molar-refractivity contribution in [2.24, 2.45) is 0 Å². The summed E-state index contributed by atoms with van der Waals surface area (Å²) in [5.74, 6) is -0.343. The number of carbonyl (C=O) groups is 2. The predicted molar refractivity (Wildman–Crippen MR) is 90.5 cm³/mol. The zero-order valence-corrected chi connectivity index (χ0v) is 13.3. The summed E-state index contributed by atoms with van der Waals surface area (Å²) in [4.78, 5) is 23.6. The molecule has 0 fully saturated rings. The van der Waals surface area contributed by atoms with E-state index in [1.54, 1.807) is 24.3 Å². The van der Waals surface area contributed by atoms with E-state index in [0.29, 0.717) is 17.8 Å². The van der Waals surface area contributed by atoms with E-state index in [-0.39, 0.29) is 18.4 Å². The number of hydrogen-bond donors (Lipinski definition) is 2. The van der Waals surface area contributed by atoms with Crippen molar-refractivity contribution in [3.05, 3.63) is 59.7 Å². The first-order valence-corrected chi connectivity index (χ1v) is 7.31. The molecule has 2 rings (SSSR count). The molecule has 0 aliphatic rings. The molecule has 0 spiro atoms. The number of carbonyl (C=O) groups excluding carboxylic acids is 2. The van der Waals surface area contributed by atoms with Crippen LogP contribution in [0.4, 0.5) is 11.4 Å². The van der Waals surface area contributed by atoms with Crippen LogP contribution in [-0.2, 0) is 20.7 Å². The SMILES string of the molecule is COCC(=O)Nc1cccc(NC(=O)Cc2ccc(C)cc2)c1. The van der Waals surface area contributed by atoms with Crippen LogP contribution in [0, 0.1) is 6.92 Å². The molecule has 5 nitrogen and oxygen atoms in total. The minimum Gasteiger partial charge on any atom is -0.375 e. The molecule has 0 aliphatic carbocycles. The number of ether oxygens (including phenoxy) is 1. The highest BCUT2D eigenvalue weighted by Gasteiger charge is 2.06. The summed E-state index contributed by atoms with van der Waals surface area (Å²) in [6.45, 7) is 2.00. The van der Waals surface area contributed by atoms with Crippen molar-refractivity contribution >= 4 is 23.2 Å². The third kappa shape index (κ3) is 5.56. The summed E-state index contributed by atoms with van der Waals surface area (Å²) in [5.41, 5.74) is 3.36. The molecule has 23 heavy (non-hydrogen) atoms. The number of methoxy groups -OCH3 is 1. The Labute approximate surface area is 135 Å². The average molecular weight is 312 g/mol. The van der Waals surface area contributed by atoms with Gasteiger partial charge in [-0.05, 0) is 30.7 Å². The van der Waals surface area contributed by atoms with Crippen LogP contribution >= 0.6 is 0 Å². The standard InChI is InChI=1S/C18H20N2O3/c1-13-6-8-14(9-7-13)10-17(21)19-15-4-3-5-16(11-15)20-18(22)12-23-2/h3-9,11H,10,12H2,1-2H3,(H,19,21)(H,20,22). The smallest absolute Gasteiger partial charge is 0.250 e. The van der Waals surface area contributed by atoms with Gasteiger partial charge in [-0.1, -0.05) is 35.9 Å². The maximum absolute atomic E-state index is 12.1. The van der Waals surface area contributed by atoms with Crippen molar-refractivity contribution in [2.75, 3.05) is 24.4 Å². The fraction of sp³-hybridized carbons (Fsp3) is 0.222. The Hall–Kier alpha value is -2.66. The van der Waals surface area contributed by atoms with Crippen molar-refractivity contribution in [3.63, 3.8) is 0 Å². The number of aryl methyl sites for hydroxylation is 1. The number of nitrogens with one attached hydrogen (secondary N) is 2. The minimum atomic E-state index is -0.240. The quantitative estimate of drug-likeness (QED) is 0.862. The molecule has 0 atom stereocenters. The second-order valence-corrected chi connectivity index (χ2v) is 5.27. The first-order chi connectivity index (χ1) is 11.1. The van der Waals surface area contributed by atoms with E-state index in [1.807, 2.05) is 31.2 Å². The van der Waals surface area contributed by atoms with Crippen LogP contribution in [0.15, 0.2) is 48.5 Å². The topological polar surface area (TPSA) is 67.4 Å². The van der Waals surface area contributed by atoms with Crippen LogP contribution in [0.25, 0.3) is 0 Å². The van der Waals surface area contributed by atoms with Crippen molar-refractivity contribution in [3.8, 4) is 0 Å².